The molecule has 208 valence electrons. The van der Waals surface area contributed by atoms with E-state index in [1.54, 1.807) is 20.8 Å². The summed E-state index contributed by atoms with van der Waals surface area (Å²) >= 11 is 6.00. The minimum atomic E-state index is -3.17. The number of aliphatic hydroxyl groups is 1. The number of carbonyl (C=O) groups is 1. The van der Waals surface area contributed by atoms with Gasteiger partial charge in [-0.25, -0.2) is 8.42 Å². The van der Waals surface area contributed by atoms with Gasteiger partial charge >= 0.3 is 0 Å². The number of halogens is 1. The van der Waals surface area contributed by atoms with E-state index in [9.17, 15) is 18.3 Å². The molecule has 2 heterocycles. The van der Waals surface area contributed by atoms with Crippen LogP contribution in [0, 0.1) is 5.92 Å². The molecule has 0 saturated carbocycles. The minimum absolute atomic E-state index is 0.0310. The van der Waals surface area contributed by atoms with Crippen LogP contribution in [0.1, 0.15) is 64.5 Å². The van der Waals surface area contributed by atoms with Gasteiger partial charge in [-0.05, 0) is 94.7 Å². The third kappa shape index (κ3) is 6.54. The summed E-state index contributed by atoms with van der Waals surface area (Å²) in [6, 6.07) is 15.6. The summed E-state index contributed by atoms with van der Waals surface area (Å²) in [5.41, 5.74) is 2.13. The number of piperidine rings is 2. The second-order valence-corrected chi connectivity index (χ2v) is 15.3. The lowest BCUT2D eigenvalue weighted by atomic mass is 9.84. The SMILES string of the molecule is CC1CC(CS(=O)(=O)C(C)(C)C)CCN1C(=O)Cc1ccc(N2CCC(O)(c3ccc(Cl)cc3)CC2)cc1. The molecule has 38 heavy (non-hydrogen) atoms. The number of rotatable bonds is 6. The zero-order valence-corrected chi connectivity index (χ0v) is 24.6. The maximum atomic E-state index is 13.1. The number of hydrogen-bond acceptors (Lipinski definition) is 5. The fraction of sp³-hybridized carbons (Fsp3) is 0.567. The Bertz CT molecular complexity index is 1210. The van der Waals surface area contributed by atoms with E-state index < -0.39 is 20.2 Å². The van der Waals surface area contributed by atoms with Gasteiger partial charge in [0.1, 0.15) is 0 Å². The number of hydrogen-bond donors (Lipinski definition) is 1. The monoisotopic (exact) mass is 560 g/mol. The molecule has 8 heteroatoms. The van der Waals surface area contributed by atoms with Gasteiger partial charge < -0.3 is 14.9 Å². The molecule has 0 bridgehead atoms. The van der Waals surface area contributed by atoms with Gasteiger partial charge in [0.15, 0.2) is 9.84 Å². The number of nitrogens with zero attached hydrogens (tertiary/aromatic N) is 2. The third-order valence-corrected chi connectivity index (χ3v) is 11.4. The Kier molecular flexibility index (Phi) is 8.51. The average Bonchev–Trinajstić information content (AvgIpc) is 2.84. The molecule has 2 saturated heterocycles. The molecular formula is C30H41ClN2O4S. The van der Waals surface area contributed by atoms with E-state index in [0.29, 0.717) is 30.8 Å². The first kappa shape index (κ1) is 28.9. The number of amides is 1. The normalized spacial score (nSPS) is 22.4. The smallest absolute Gasteiger partial charge is 0.227 e. The highest BCUT2D eigenvalue weighted by molar-refractivity contribution is 7.92. The van der Waals surface area contributed by atoms with Gasteiger partial charge in [0.2, 0.25) is 5.91 Å². The third-order valence-electron chi connectivity index (χ3n) is 8.32. The van der Waals surface area contributed by atoms with Gasteiger partial charge in [-0.1, -0.05) is 35.9 Å². The Hall–Kier alpha value is -2.09. The Labute approximate surface area is 232 Å². The molecule has 2 fully saturated rings. The summed E-state index contributed by atoms with van der Waals surface area (Å²) in [7, 11) is -3.17. The molecule has 1 amide bonds. The van der Waals surface area contributed by atoms with E-state index in [2.05, 4.69) is 17.0 Å². The van der Waals surface area contributed by atoms with Gasteiger partial charge in [0.25, 0.3) is 0 Å². The van der Waals surface area contributed by atoms with Crippen LogP contribution in [-0.2, 0) is 26.7 Å². The lowest BCUT2D eigenvalue weighted by molar-refractivity contribution is -0.134. The Morgan fingerprint density at radius 2 is 1.63 bits per heavy atom. The van der Waals surface area contributed by atoms with E-state index in [-0.39, 0.29) is 23.6 Å². The Morgan fingerprint density at radius 1 is 1.03 bits per heavy atom. The number of anilines is 1. The maximum absolute atomic E-state index is 13.1. The molecule has 0 aromatic heterocycles. The summed E-state index contributed by atoms with van der Waals surface area (Å²) in [5.74, 6) is 0.380. The number of sulfone groups is 1. The van der Waals surface area contributed by atoms with E-state index in [1.807, 2.05) is 48.2 Å². The summed E-state index contributed by atoms with van der Waals surface area (Å²) in [6.45, 7) is 9.38. The van der Waals surface area contributed by atoms with Crippen molar-refractivity contribution in [2.75, 3.05) is 30.3 Å². The van der Waals surface area contributed by atoms with Crippen molar-refractivity contribution in [1.82, 2.24) is 4.90 Å². The molecule has 2 unspecified atom stereocenters. The van der Waals surface area contributed by atoms with E-state index in [4.69, 9.17) is 11.6 Å². The zero-order valence-electron chi connectivity index (χ0n) is 23.0. The second-order valence-electron chi connectivity index (χ2n) is 12.1. The van der Waals surface area contributed by atoms with E-state index in [0.717, 1.165) is 42.7 Å². The number of carbonyl (C=O) groups excluding carboxylic acids is 1. The zero-order chi connectivity index (χ0) is 27.7. The van der Waals surface area contributed by atoms with Crippen molar-refractivity contribution in [3.63, 3.8) is 0 Å². The van der Waals surface area contributed by atoms with Crippen molar-refractivity contribution in [3.8, 4) is 0 Å². The molecule has 2 aliphatic heterocycles. The van der Waals surface area contributed by atoms with Crippen LogP contribution in [0.3, 0.4) is 0 Å². The summed E-state index contributed by atoms with van der Waals surface area (Å²) in [5, 5.41) is 11.8. The van der Waals surface area contributed by atoms with E-state index in [1.165, 1.54) is 0 Å². The highest BCUT2D eigenvalue weighted by Gasteiger charge is 2.36. The summed E-state index contributed by atoms with van der Waals surface area (Å²) in [6.07, 6.45) is 3.06. The Morgan fingerprint density at radius 3 is 2.18 bits per heavy atom. The first-order valence-corrected chi connectivity index (χ1v) is 15.6. The van der Waals surface area contributed by atoms with Crippen LogP contribution >= 0.6 is 11.6 Å². The molecule has 0 spiro atoms. The lowest BCUT2D eigenvalue weighted by Crippen LogP contribution is -2.47. The van der Waals surface area contributed by atoms with Crippen LogP contribution in [0.5, 0.6) is 0 Å². The van der Waals surface area contributed by atoms with Gasteiger partial charge in [-0.3, -0.25) is 4.79 Å². The molecule has 0 radical (unpaired) electrons. The molecular weight excluding hydrogens is 520 g/mol. The number of benzene rings is 2. The van der Waals surface area contributed by atoms with Crippen molar-refractivity contribution in [2.45, 2.75) is 76.2 Å². The first-order chi connectivity index (χ1) is 17.8. The quantitative estimate of drug-likeness (QED) is 0.525. The van der Waals surface area contributed by atoms with E-state index >= 15 is 0 Å². The molecule has 6 nitrogen and oxygen atoms in total. The molecule has 2 atom stereocenters. The molecule has 2 aromatic rings. The second kappa shape index (κ2) is 11.2. The molecule has 0 aliphatic carbocycles. The lowest BCUT2D eigenvalue weighted by Gasteiger charge is -2.39. The van der Waals surface area contributed by atoms with Crippen molar-refractivity contribution < 1.29 is 18.3 Å². The topological polar surface area (TPSA) is 77.9 Å². The number of likely N-dealkylation sites (tertiary alicyclic amines) is 1. The van der Waals surface area contributed by atoms with Crippen molar-refractivity contribution in [3.05, 3.63) is 64.7 Å². The highest BCUT2D eigenvalue weighted by Crippen LogP contribution is 2.35. The van der Waals surface area contributed by atoms with Crippen LogP contribution < -0.4 is 4.90 Å². The summed E-state index contributed by atoms with van der Waals surface area (Å²) in [4.78, 5) is 17.3. The van der Waals surface area contributed by atoms with Crippen LogP contribution in [0.4, 0.5) is 5.69 Å². The fourth-order valence-electron chi connectivity index (χ4n) is 5.64. The molecule has 2 aliphatic rings. The average molecular weight is 561 g/mol. The molecule has 2 aromatic carbocycles. The van der Waals surface area contributed by atoms with Crippen molar-refractivity contribution in [2.24, 2.45) is 5.92 Å². The predicted molar refractivity (Wildman–Crippen MR) is 154 cm³/mol. The Balaban J connectivity index is 1.29. The molecule has 4 rings (SSSR count). The maximum Gasteiger partial charge on any atom is 0.227 e. The van der Waals surface area contributed by atoms with Gasteiger partial charge in [0.05, 0.1) is 22.5 Å². The van der Waals surface area contributed by atoms with Gasteiger partial charge in [-0.2, -0.15) is 0 Å². The van der Waals surface area contributed by atoms with Crippen LogP contribution in [0.15, 0.2) is 48.5 Å². The standard InChI is InChI=1S/C30H41ClN2O4S/c1-22-19-24(21-38(36,37)29(2,3)4)13-16-33(22)28(34)20-23-5-11-27(12-6-23)32-17-14-30(35,15-18-32)25-7-9-26(31)10-8-25/h5-12,22,24,35H,13-21H2,1-4H3. The largest absolute Gasteiger partial charge is 0.385 e. The minimum Gasteiger partial charge on any atom is -0.385 e. The van der Waals surface area contributed by atoms with Gasteiger partial charge in [-0.15, -0.1) is 0 Å². The fourth-order valence-corrected chi connectivity index (χ4v) is 7.19. The summed E-state index contributed by atoms with van der Waals surface area (Å²) < 4.78 is 24.5. The van der Waals surface area contributed by atoms with Crippen LogP contribution in [-0.4, -0.2) is 60.5 Å². The predicted octanol–water partition coefficient (Wildman–Crippen LogP) is 5.21. The molecule has 1 N–H and O–H groups in total. The highest BCUT2D eigenvalue weighted by atomic mass is 35.5. The first-order valence-electron chi connectivity index (χ1n) is 13.6. The van der Waals surface area contributed by atoms with Gasteiger partial charge in [0, 0.05) is 36.4 Å². The van der Waals surface area contributed by atoms with Crippen molar-refractivity contribution in [1.29, 1.82) is 0 Å². The van der Waals surface area contributed by atoms with Crippen LogP contribution in [0.25, 0.3) is 0 Å². The van der Waals surface area contributed by atoms with Crippen molar-refractivity contribution >= 4 is 33.0 Å². The van der Waals surface area contributed by atoms with Crippen LogP contribution in [0.2, 0.25) is 5.02 Å².